The lowest BCUT2D eigenvalue weighted by Crippen LogP contribution is -1.91. The monoisotopic (exact) mass is 204 g/mol. The molecule has 14 heavy (non-hydrogen) atoms. The molecule has 0 radical (unpaired) electrons. The minimum atomic E-state index is 0.878. The molecular weight excluding hydrogens is 192 g/mol. The number of hydrogen-bond acceptors (Lipinski definition) is 2. The molecule has 0 aliphatic carbocycles. The van der Waals surface area contributed by atoms with E-state index in [1.807, 2.05) is 0 Å². The summed E-state index contributed by atoms with van der Waals surface area (Å²) in [6.07, 6.45) is 1.90. The first kappa shape index (κ1) is 9.41. The Morgan fingerprint density at radius 2 is 2.21 bits per heavy atom. The van der Waals surface area contributed by atoms with Crippen LogP contribution in [-0.4, -0.2) is 6.29 Å². The van der Waals surface area contributed by atoms with Gasteiger partial charge in [0, 0.05) is 15.6 Å². The fraction of sp³-hybridized carbons (Fsp3) is 0.250. The molecule has 0 amide bonds. The van der Waals surface area contributed by atoms with Crippen LogP contribution in [0.2, 0.25) is 0 Å². The summed E-state index contributed by atoms with van der Waals surface area (Å²) in [7, 11) is 0. The van der Waals surface area contributed by atoms with Gasteiger partial charge in [0.15, 0.2) is 6.29 Å². The van der Waals surface area contributed by atoms with Crippen LogP contribution in [0.3, 0.4) is 0 Å². The Kier molecular flexibility index (Phi) is 2.38. The van der Waals surface area contributed by atoms with Crippen LogP contribution < -0.4 is 0 Å². The fourth-order valence-electron chi connectivity index (χ4n) is 1.80. The lowest BCUT2D eigenvalue weighted by Gasteiger charge is -2.03. The van der Waals surface area contributed by atoms with Gasteiger partial charge < -0.3 is 0 Å². The van der Waals surface area contributed by atoms with E-state index in [1.165, 1.54) is 10.3 Å². The molecule has 1 aromatic heterocycles. The molecule has 0 fully saturated rings. The summed E-state index contributed by atoms with van der Waals surface area (Å²) < 4.78 is 1.21. The van der Waals surface area contributed by atoms with E-state index in [-0.39, 0.29) is 0 Å². The van der Waals surface area contributed by atoms with Crippen molar-refractivity contribution in [3.05, 3.63) is 34.2 Å². The maximum atomic E-state index is 11.1. The maximum Gasteiger partial charge on any atom is 0.150 e. The summed E-state index contributed by atoms with van der Waals surface area (Å²) in [5, 5.41) is 3.25. The third-order valence-corrected chi connectivity index (χ3v) is 3.62. The zero-order chi connectivity index (χ0) is 10.1. The highest BCUT2D eigenvalue weighted by Gasteiger charge is 2.08. The molecule has 0 N–H and O–H groups in total. The third-order valence-electron chi connectivity index (χ3n) is 2.55. The Morgan fingerprint density at radius 1 is 1.43 bits per heavy atom. The molecule has 72 valence electrons. The average Bonchev–Trinajstić information content (AvgIpc) is 2.59. The second-order valence-corrected chi connectivity index (χ2v) is 4.31. The van der Waals surface area contributed by atoms with Gasteiger partial charge in [0.1, 0.15) is 0 Å². The second-order valence-electron chi connectivity index (χ2n) is 3.40. The highest BCUT2D eigenvalue weighted by atomic mass is 32.1. The van der Waals surface area contributed by atoms with Crippen LogP contribution in [0, 0.1) is 6.92 Å². The van der Waals surface area contributed by atoms with Gasteiger partial charge in [-0.15, -0.1) is 11.3 Å². The molecule has 0 aliphatic rings. The number of carbonyl (C=O) groups is 1. The number of hydrogen-bond donors (Lipinski definition) is 0. The van der Waals surface area contributed by atoms with Gasteiger partial charge in [-0.05, 0) is 35.9 Å². The Labute approximate surface area is 87.4 Å². The number of thiophene rings is 1. The summed E-state index contributed by atoms with van der Waals surface area (Å²) >= 11 is 1.70. The topological polar surface area (TPSA) is 17.1 Å². The largest absolute Gasteiger partial charge is 0.298 e. The number of aldehydes is 1. The Balaban J connectivity index is 2.87. The summed E-state index contributed by atoms with van der Waals surface area (Å²) in [6, 6.07) is 4.17. The van der Waals surface area contributed by atoms with E-state index in [4.69, 9.17) is 0 Å². The van der Waals surface area contributed by atoms with Crippen molar-refractivity contribution < 1.29 is 4.79 Å². The Morgan fingerprint density at radius 3 is 2.86 bits per heavy atom. The van der Waals surface area contributed by atoms with E-state index >= 15 is 0 Å². The molecule has 0 atom stereocenters. The molecule has 2 rings (SSSR count). The van der Waals surface area contributed by atoms with Gasteiger partial charge in [-0.1, -0.05) is 13.0 Å². The van der Waals surface area contributed by atoms with Crippen molar-refractivity contribution >= 4 is 27.7 Å². The van der Waals surface area contributed by atoms with Gasteiger partial charge in [-0.2, -0.15) is 0 Å². The van der Waals surface area contributed by atoms with Crippen molar-refractivity contribution in [1.29, 1.82) is 0 Å². The predicted octanol–water partition coefficient (Wildman–Crippen LogP) is 3.58. The standard InChI is InChI=1S/C12H12OS/c1-3-9-4-5-11-12(10(9)6-13)8(2)7-14-11/h4-7H,3H2,1-2H3. The zero-order valence-corrected chi connectivity index (χ0v) is 9.15. The first-order valence-electron chi connectivity index (χ1n) is 4.72. The number of aryl methyl sites for hydroxylation is 2. The van der Waals surface area contributed by atoms with Crippen LogP contribution in [0.1, 0.15) is 28.4 Å². The van der Waals surface area contributed by atoms with Gasteiger partial charge >= 0.3 is 0 Å². The van der Waals surface area contributed by atoms with Crippen LogP contribution in [0.5, 0.6) is 0 Å². The smallest absolute Gasteiger partial charge is 0.150 e. The van der Waals surface area contributed by atoms with Crippen LogP contribution in [0.15, 0.2) is 17.5 Å². The molecule has 0 saturated carbocycles. The predicted molar refractivity (Wildman–Crippen MR) is 61.3 cm³/mol. The van der Waals surface area contributed by atoms with E-state index < -0.39 is 0 Å². The summed E-state index contributed by atoms with van der Waals surface area (Å²) in [6.45, 7) is 4.14. The second kappa shape index (κ2) is 3.54. The normalized spacial score (nSPS) is 10.7. The van der Waals surface area contributed by atoms with Crippen molar-refractivity contribution in [2.45, 2.75) is 20.3 Å². The molecule has 0 aliphatic heterocycles. The van der Waals surface area contributed by atoms with Gasteiger partial charge in [-0.3, -0.25) is 4.79 Å². The maximum absolute atomic E-state index is 11.1. The van der Waals surface area contributed by atoms with Gasteiger partial charge in [-0.25, -0.2) is 0 Å². The number of carbonyl (C=O) groups excluding carboxylic acids is 1. The highest BCUT2D eigenvalue weighted by Crippen LogP contribution is 2.29. The fourth-order valence-corrected chi connectivity index (χ4v) is 2.76. The lowest BCUT2D eigenvalue weighted by molar-refractivity contribution is 0.112. The molecule has 1 aromatic carbocycles. The van der Waals surface area contributed by atoms with Crippen molar-refractivity contribution in [3.8, 4) is 0 Å². The molecule has 1 heterocycles. The summed E-state index contributed by atoms with van der Waals surface area (Å²) in [5.41, 5.74) is 3.24. The van der Waals surface area contributed by atoms with Gasteiger partial charge in [0.2, 0.25) is 0 Å². The Hall–Kier alpha value is -1.15. The number of benzene rings is 1. The quantitative estimate of drug-likeness (QED) is 0.683. The van der Waals surface area contributed by atoms with Crippen molar-refractivity contribution in [2.24, 2.45) is 0 Å². The minimum Gasteiger partial charge on any atom is -0.298 e. The molecule has 1 nitrogen and oxygen atoms in total. The summed E-state index contributed by atoms with van der Waals surface area (Å²) in [4.78, 5) is 11.1. The highest BCUT2D eigenvalue weighted by molar-refractivity contribution is 7.17. The van der Waals surface area contributed by atoms with E-state index in [2.05, 4.69) is 31.4 Å². The lowest BCUT2D eigenvalue weighted by atomic mass is 10.0. The van der Waals surface area contributed by atoms with Crippen LogP contribution >= 0.6 is 11.3 Å². The molecule has 0 spiro atoms. The molecule has 0 unspecified atom stereocenters. The van der Waals surface area contributed by atoms with Crippen molar-refractivity contribution in [3.63, 3.8) is 0 Å². The average molecular weight is 204 g/mol. The summed E-state index contributed by atoms with van der Waals surface area (Å²) in [5.74, 6) is 0. The molecular formula is C12H12OS. The Bertz CT molecular complexity index is 482. The first-order chi connectivity index (χ1) is 6.77. The molecule has 2 aromatic rings. The van der Waals surface area contributed by atoms with Crippen molar-refractivity contribution in [2.75, 3.05) is 0 Å². The van der Waals surface area contributed by atoms with Crippen LogP contribution in [-0.2, 0) is 6.42 Å². The van der Waals surface area contributed by atoms with E-state index in [0.717, 1.165) is 29.2 Å². The van der Waals surface area contributed by atoms with E-state index in [1.54, 1.807) is 11.3 Å². The minimum absolute atomic E-state index is 0.878. The van der Waals surface area contributed by atoms with E-state index in [0.29, 0.717) is 0 Å². The van der Waals surface area contributed by atoms with Crippen LogP contribution in [0.4, 0.5) is 0 Å². The third kappa shape index (κ3) is 1.26. The van der Waals surface area contributed by atoms with Crippen LogP contribution in [0.25, 0.3) is 10.1 Å². The van der Waals surface area contributed by atoms with Gasteiger partial charge in [0.05, 0.1) is 0 Å². The molecule has 0 saturated heterocycles. The SMILES string of the molecule is CCc1ccc2scc(C)c2c1C=O. The van der Waals surface area contributed by atoms with E-state index in [9.17, 15) is 4.79 Å². The zero-order valence-electron chi connectivity index (χ0n) is 8.33. The number of fused-ring (bicyclic) bond motifs is 1. The molecule has 0 bridgehead atoms. The van der Waals surface area contributed by atoms with Crippen molar-refractivity contribution in [1.82, 2.24) is 0 Å². The first-order valence-corrected chi connectivity index (χ1v) is 5.60. The van der Waals surface area contributed by atoms with Gasteiger partial charge in [0.25, 0.3) is 0 Å². The number of rotatable bonds is 2. The molecule has 2 heteroatoms.